The van der Waals surface area contributed by atoms with Crippen molar-refractivity contribution in [1.29, 1.82) is 0 Å². The molecule has 0 saturated heterocycles. The fourth-order valence-electron chi connectivity index (χ4n) is 3.31. The van der Waals surface area contributed by atoms with Crippen molar-refractivity contribution < 1.29 is 14.1 Å². The van der Waals surface area contributed by atoms with Crippen molar-refractivity contribution in [3.05, 3.63) is 75.3 Å². The number of allylic oxidation sites excluding steroid dienone is 1. The summed E-state index contributed by atoms with van der Waals surface area (Å²) in [5.41, 5.74) is 4.37. The van der Waals surface area contributed by atoms with Gasteiger partial charge >= 0.3 is 5.76 Å². The Bertz CT molecular complexity index is 1150. The van der Waals surface area contributed by atoms with Crippen LogP contribution in [0.3, 0.4) is 0 Å². The smallest absolute Gasteiger partial charge is 0.388 e. The number of aromatic nitrogens is 2. The molecular formula is C21H17N3O4. The summed E-state index contributed by atoms with van der Waals surface area (Å²) in [6, 6.07) is 12.7. The Morgan fingerprint density at radius 2 is 1.96 bits per heavy atom. The number of carbonyl (C=O) groups excluding carboxylic acids is 2. The molecule has 1 aliphatic carbocycles. The minimum atomic E-state index is -0.626. The molecule has 28 heavy (non-hydrogen) atoms. The fourth-order valence-corrected chi connectivity index (χ4v) is 3.31. The second kappa shape index (κ2) is 7.11. The van der Waals surface area contributed by atoms with E-state index in [1.165, 1.54) is 0 Å². The fraction of sp³-hybridized carbons (Fsp3) is 0.143. The standard InChI is InChI=1S/C21H17N3O4/c1-22-17-4-2-3-14-10-16(19(26)11-15(14)17)18(25)9-12-5-7-13(8-6-12)20-23-21(27)28-24-20/h2-8,10,22H,9,11H2,1H3,(H,23,24,27). The highest BCUT2D eigenvalue weighted by atomic mass is 16.5. The monoisotopic (exact) mass is 375 g/mol. The third-order valence-electron chi connectivity index (χ3n) is 4.75. The van der Waals surface area contributed by atoms with Crippen LogP contribution in [0.5, 0.6) is 0 Å². The summed E-state index contributed by atoms with van der Waals surface area (Å²) < 4.78 is 4.49. The SMILES string of the molecule is CNc1cccc2c1CC(=O)C(C(=O)Cc1ccc(-c3noc(=O)[nH]3)cc1)=C2. The first-order valence-electron chi connectivity index (χ1n) is 8.78. The molecule has 2 aromatic carbocycles. The molecule has 0 spiro atoms. The lowest BCUT2D eigenvalue weighted by atomic mass is 9.86. The minimum Gasteiger partial charge on any atom is -0.388 e. The van der Waals surface area contributed by atoms with Crippen LogP contribution in [0.1, 0.15) is 16.7 Å². The predicted octanol–water partition coefficient (Wildman–Crippen LogP) is 2.39. The molecule has 0 unspecified atom stereocenters. The van der Waals surface area contributed by atoms with E-state index in [0.29, 0.717) is 11.4 Å². The number of carbonyl (C=O) groups is 2. The van der Waals surface area contributed by atoms with Gasteiger partial charge in [-0.1, -0.05) is 41.6 Å². The number of H-pyrrole nitrogens is 1. The van der Waals surface area contributed by atoms with Crippen LogP contribution in [0.25, 0.3) is 17.5 Å². The van der Waals surface area contributed by atoms with Crippen LogP contribution in [0.2, 0.25) is 0 Å². The Kier molecular flexibility index (Phi) is 4.49. The molecule has 1 heterocycles. The zero-order chi connectivity index (χ0) is 19.7. The molecule has 140 valence electrons. The number of anilines is 1. The van der Waals surface area contributed by atoms with Crippen LogP contribution in [-0.4, -0.2) is 28.8 Å². The van der Waals surface area contributed by atoms with Gasteiger partial charge in [-0.2, -0.15) is 0 Å². The number of ketones is 2. The average molecular weight is 375 g/mol. The molecule has 1 aliphatic rings. The summed E-state index contributed by atoms with van der Waals surface area (Å²) in [7, 11) is 1.81. The van der Waals surface area contributed by atoms with Crippen molar-refractivity contribution in [3.63, 3.8) is 0 Å². The third kappa shape index (κ3) is 3.29. The summed E-state index contributed by atoms with van der Waals surface area (Å²) in [6.07, 6.45) is 2.01. The van der Waals surface area contributed by atoms with E-state index in [-0.39, 0.29) is 30.0 Å². The van der Waals surface area contributed by atoms with Gasteiger partial charge in [-0.25, -0.2) is 4.79 Å². The zero-order valence-electron chi connectivity index (χ0n) is 15.1. The zero-order valence-corrected chi connectivity index (χ0v) is 15.1. The van der Waals surface area contributed by atoms with Gasteiger partial charge in [0.2, 0.25) is 0 Å². The van der Waals surface area contributed by atoms with Gasteiger partial charge in [-0.3, -0.25) is 19.1 Å². The second-order valence-electron chi connectivity index (χ2n) is 6.52. The van der Waals surface area contributed by atoms with E-state index in [1.807, 2.05) is 25.2 Å². The number of nitrogens with zero attached hydrogens (tertiary/aromatic N) is 1. The molecule has 0 radical (unpaired) electrons. The number of Topliss-reactive ketones (excluding diaryl/α,β-unsaturated/α-hetero) is 2. The number of benzene rings is 2. The molecule has 3 aromatic rings. The normalized spacial score (nSPS) is 13.0. The molecule has 4 rings (SSSR count). The quantitative estimate of drug-likeness (QED) is 0.664. The van der Waals surface area contributed by atoms with Crippen LogP contribution in [0.4, 0.5) is 5.69 Å². The van der Waals surface area contributed by atoms with Gasteiger partial charge < -0.3 is 5.32 Å². The van der Waals surface area contributed by atoms with Gasteiger partial charge in [0, 0.05) is 31.1 Å². The van der Waals surface area contributed by atoms with Crippen molar-refractivity contribution >= 4 is 23.3 Å². The molecule has 0 atom stereocenters. The molecule has 0 fully saturated rings. The number of fused-ring (bicyclic) bond motifs is 1. The van der Waals surface area contributed by atoms with E-state index < -0.39 is 5.76 Å². The van der Waals surface area contributed by atoms with Crippen molar-refractivity contribution in [2.24, 2.45) is 0 Å². The molecule has 0 saturated carbocycles. The maximum Gasteiger partial charge on any atom is 0.439 e. The molecule has 0 amide bonds. The first-order valence-corrected chi connectivity index (χ1v) is 8.78. The number of rotatable bonds is 5. The van der Waals surface area contributed by atoms with Gasteiger partial charge in [0.05, 0.1) is 5.57 Å². The summed E-state index contributed by atoms with van der Waals surface area (Å²) in [5.74, 6) is -0.686. The molecule has 7 heteroatoms. The van der Waals surface area contributed by atoms with E-state index in [2.05, 4.69) is 20.0 Å². The molecule has 0 bridgehead atoms. The van der Waals surface area contributed by atoms with Gasteiger partial charge in [-0.15, -0.1) is 0 Å². The van der Waals surface area contributed by atoms with Gasteiger partial charge in [0.15, 0.2) is 17.4 Å². The Labute approximate surface area is 160 Å². The third-order valence-corrected chi connectivity index (χ3v) is 4.75. The lowest BCUT2D eigenvalue weighted by Gasteiger charge is -2.18. The highest BCUT2D eigenvalue weighted by molar-refractivity contribution is 6.25. The van der Waals surface area contributed by atoms with E-state index in [9.17, 15) is 14.4 Å². The minimum absolute atomic E-state index is 0.119. The first-order chi connectivity index (χ1) is 13.5. The van der Waals surface area contributed by atoms with Gasteiger partial charge in [0.25, 0.3) is 0 Å². The Morgan fingerprint density at radius 3 is 2.64 bits per heavy atom. The summed E-state index contributed by atoms with van der Waals surface area (Å²) in [5, 5.41) is 6.71. The van der Waals surface area contributed by atoms with Crippen molar-refractivity contribution in [3.8, 4) is 11.4 Å². The second-order valence-corrected chi connectivity index (χ2v) is 6.52. The average Bonchev–Trinajstić information content (AvgIpc) is 3.14. The van der Waals surface area contributed by atoms with Crippen LogP contribution < -0.4 is 11.1 Å². The van der Waals surface area contributed by atoms with Gasteiger partial charge in [-0.05, 0) is 28.8 Å². The van der Waals surface area contributed by atoms with Crippen LogP contribution in [0, 0.1) is 0 Å². The molecule has 7 nitrogen and oxygen atoms in total. The van der Waals surface area contributed by atoms with E-state index in [4.69, 9.17) is 0 Å². The number of hydrogen-bond acceptors (Lipinski definition) is 6. The maximum absolute atomic E-state index is 12.7. The van der Waals surface area contributed by atoms with E-state index in [0.717, 1.165) is 22.4 Å². The van der Waals surface area contributed by atoms with Crippen LogP contribution in [0.15, 0.2) is 57.4 Å². The van der Waals surface area contributed by atoms with E-state index >= 15 is 0 Å². The highest BCUT2D eigenvalue weighted by Crippen LogP contribution is 2.28. The highest BCUT2D eigenvalue weighted by Gasteiger charge is 2.25. The number of nitrogens with one attached hydrogen (secondary N) is 2. The Morgan fingerprint density at radius 1 is 1.18 bits per heavy atom. The van der Waals surface area contributed by atoms with E-state index in [1.54, 1.807) is 30.3 Å². The number of aromatic amines is 1. The van der Waals surface area contributed by atoms with Crippen molar-refractivity contribution in [1.82, 2.24) is 10.1 Å². The topological polar surface area (TPSA) is 105 Å². The largest absolute Gasteiger partial charge is 0.439 e. The first kappa shape index (κ1) is 17.7. The Balaban J connectivity index is 1.55. The summed E-state index contributed by atoms with van der Waals surface area (Å²) >= 11 is 0. The lowest BCUT2D eigenvalue weighted by Crippen LogP contribution is -2.21. The predicted molar refractivity (Wildman–Crippen MR) is 104 cm³/mol. The van der Waals surface area contributed by atoms with Gasteiger partial charge in [0.1, 0.15) is 0 Å². The van der Waals surface area contributed by atoms with Crippen LogP contribution >= 0.6 is 0 Å². The maximum atomic E-state index is 12.7. The van der Waals surface area contributed by atoms with Crippen molar-refractivity contribution in [2.75, 3.05) is 12.4 Å². The van der Waals surface area contributed by atoms with Crippen molar-refractivity contribution in [2.45, 2.75) is 12.8 Å². The number of hydrogen-bond donors (Lipinski definition) is 2. The lowest BCUT2D eigenvalue weighted by molar-refractivity contribution is -0.120. The summed E-state index contributed by atoms with van der Waals surface area (Å²) in [6.45, 7) is 0. The summed E-state index contributed by atoms with van der Waals surface area (Å²) in [4.78, 5) is 38.8. The Hall–Kier alpha value is -3.74. The molecule has 2 N–H and O–H groups in total. The molecule has 1 aromatic heterocycles. The molecule has 0 aliphatic heterocycles. The van der Waals surface area contributed by atoms with Crippen LogP contribution in [-0.2, 0) is 22.4 Å². The molecular weight excluding hydrogens is 358 g/mol.